The minimum absolute atomic E-state index is 0.326. The standard InChI is InChI=1S/C21H28N2O5S/c1-5-14-28-18-12-10-17(11-13-18)23(29(4,25)26)15-21(24)22-16(2)19-8-6-7-9-20(19)27-3/h6-13,16H,5,14-15H2,1-4H3,(H,22,24)/t16-/m0/s1. The SMILES string of the molecule is CCCOc1ccc(N(CC(=O)N[C@@H](C)c2ccccc2OC)S(C)(=O)=O)cc1. The molecular formula is C21H28N2O5S. The van der Waals surface area contributed by atoms with Gasteiger partial charge in [0.25, 0.3) is 0 Å². The van der Waals surface area contributed by atoms with Crippen molar-refractivity contribution in [2.24, 2.45) is 0 Å². The van der Waals surface area contributed by atoms with Crippen molar-refractivity contribution in [2.45, 2.75) is 26.3 Å². The summed E-state index contributed by atoms with van der Waals surface area (Å²) in [5, 5.41) is 2.83. The Morgan fingerprint density at radius 3 is 2.38 bits per heavy atom. The Bertz CT molecular complexity index is 913. The highest BCUT2D eigenvalue weighted by Gasteiger charge is 2.22. The lowest BCUT2D eigenvalue weighted by molar-refractivity contribution is -0.120. The molecule has 1 atom stereocenters. The molecule has 0 heterocycles. The number of methoxy groups -OCH3 is 1. The molecule has 0 saturated carbocycles. The number of sulfonamides is 1. The molecular weight excluding hydrogens is 392 g/mol. The van der Waals surface area contributed by atoms with E-state index < -0.39 is 15.9 Å². The van der Waals surface area contributed by atoms with Gasteiger partial charge in [0.1, 0.15) is 18.0 Å². The normalized spacial score (nSPS) is 12.1. The van der Waals surface area contributed by atoms with Gasteiger partial charge in [-0.3, -0.25) is 9.10 Å². The second-order valence-corrected chi connectivity index (χ2v) is 8.55. The lowest BCUT2D eigenvalue weighted by Gasteiger charge is -2.24. The molecule has 0 bridgehead atoms. The van der Waals surface area contributed by atoms with E-state index in [1.807, 2.05) is 38.1 Å². The van der Waals surface area contributed by atoms with Crippen molar-refractivity contribution in [2.75, 3.05) is 30.8 Å². The van der Waals surface area contributed by atoms with E-state index in [4.69, 9.17) is 9.47 Å². The number of amides is 1. The number of nitrogens with one attached hydrogen (secondary N) is 1. The number of carbonyl (C=O) groups excluding carboxylic acids is 1. The number of hydrogen-bond acceptors (Lipinski definition) is 5. The van der Waals surface area contributed by atoms with Crippen LogP contribution in [0.5, 0.6) is 11.5 Å². The van der Waals surface area contributed by atoms with Gasteiger partial charge in [-0.2, -0.15) is 0 Å². The van der Waals surface area contributed by atoms with Crippen molar-refractivity contribution in [3.63, 3.8) is 0 Å². The van der Waals surface area contributed by atoms with Gasteiger partial charge < -0.3 is 14.8 Å². The number of hydrogen-bond donors (Lipinski definition) is 1. The summed E-state index contributed by atoms with van der Waals surface area (Å²) < 4.78 is 36.5. The summed E-state index contributed by atoms with van der Waals surface area (Å²) in [6.45, 7) is 4.08. The first-order chi connectivity index (χ1) is 13.8. The Hall–Kier alpha value is -2.74. The van der Waals surface area contributed by atoms with Gasteiger partial charge in [-0.25, -0.2) is 8.42 Å². The summed E-state index contributed by atoms with van der Waals surface area (Å²) in [7, 11) is -2.09. The quantitative estimate of drug-likeness (QED) is 0.638. The van der Waals surface area contributed by atoms with Gasteiger partial charge in [-0.05, 0) is 43.7 Å². The Balaban J connectivity index is 2.13. The van der Waals surface area contributed by atoms with Crippen molar-refractivity contribution in [3.8, 4) is 11.5 Å². The first kappa shape index (κ1) is 22.5. The van der Waals surface area contributed by atoms with Gasteiger partial charge in [0, 0.05) is 5.56 Å². The Morgan fingerprint density at radius 2 is 1.79 bits per heavy atom. The lowest BCUT2D eigenvalue weighted by atomic mass is 10.1. The third-order valence-corrected chi connectivity index (χ3v) is 5.41. The van der Waals surface area contributed by atoms with E-state index in [0.717, 1.165) is 22.5 Å². The average molecular weight is 421 g/mol. The van der Waals surface area contributed by atoms with Crippen LogP contribution in [0.4, 0.5) is 5.69 Å². The van der Waals surface area contributed by atoms with Crippen molar-refractivity contribution in [3.05, 3.63) is 54.1 Å². The van der Waals surface area contributed by atoms with Crippen LogP contribution in [0.3, 0.4) is 0 Å². The molecule has 0 saturated heterocycles. The fourth-order valence-corrected chi connectivity index (χ4v) is 3.70. The molecule has 0 spiro atoms. The molecule has 0 aromatic heterocycles. The summed E-state index contributed by atoms with van der Waals surface area (Å²) >= 11 is 0. The zero-order valence-corrected chi connectivity index (χ0v) is 18.0. The third-order valence-electron chi connectivity index (χ3n) is 4.27. The van der Waals surface area contributed by atoms with E-state index in [1.54, 1.807) is 31.4 Å². The second kappa shape index (κ2) is 10.2. The summed E-state index contributed by atoms with van der Waals surface area (Å²) in [5.74, 6) is 0.890. The van der Waals surface area contributed by atoms with Crippen LogP contribution in [0.25, 0.3) is 0 Å². The molecule has 0 aliphatic rings. The van der Waals surface area contributed by atoms with E-state index >= 15 is 0 Å². The molecule has 0 radical (unpaired) electrons. The predicted octanol–water partition coefficient (Wildman–Crippen LogP) is 3.13. The molecule has 158 valence electrons. The molecule has 2 rings (SSSR count). The van der Waals surface area contributed by atoms with Crippen LogP contribution in [0, 0.1) is 0 Å². The van der Waals surface area contributed by atoms with E-state index in [0.29, 0.717) is 23.8 Å². The van der Waals surface area contributed by atoms with Crippen LogP contribution in [-0.2, 0) is 14.8 Å². The Labute approximate surface area is 172 Å². The molecule has 7 nitrogen and oxygen atoms in total. The molecule has 0 aliphatic carbocycles. The van der Waals surface area contributed by atoms with Crippen molar-refractivity contribution < 1.29 is 22.7 Å². The first-order valence-electron chi connectivity index (χ1n) is 9.39. The van der Waals surface area contributed by atoms with Crippen molar-refractivity contribution in [1.82, 2.24) is 5.32 Å². The highest BCUT2D eigenvalue weighted by molar-refractivity contribution is 7.92. The van der Waals surface area contributed by atoms with Crippen LogP contribution < -0.4 is 19.1 Å². The molecule has 8 heteroatoms. The summed E-state index contributed by atoms with van der Waals surface area (Å²) in [6.07, 6.45) is 1.95. The van der Waals surface area contributed by atoms with E-state index in [-0.39, 0.29) is 12.6 Å². The fraction of sp³-hybridized carbons (Fsp3) is 0.381. The largest absolute Gasteiger partial charge is 0.496 e. The van der Waals surface area contributed by atoms with Crippen LogP contribution in [0.15, 0.2) is 48.5 Å². The lowest BCUT2D eigenvalue weighted by Crippen LogP contribution is -2.41. The highest BCUT2D eigenvalue weighted by atomic mass is 32.2. The number of ether oxygens (including phenoxy) is 2. The fourth-order valence-electron chi connectivity index (χ4n) is 2.85. The Kier molecular flexibility index (Phi) is 7.90. The Morgan fingerprint density at radius 1 is 1.14 bits per heavy atom. The van der Waals surface area contributed by atoms with Crippen LogP contribution in [0.1, 0.15) is 31.9 Å². The molecule has 1 amide bonds. The number of anilines is 1. The number of rotatable bonds is 10. The summed E-state index contributed by atoms with van der Waals surface area (Å²) in [6, 6.07) is 13.7. The van der Waals surface area contributed by atoms with Crippen LogP contribution in [0.2, 0.25) is 0 Å². The summed E-state index contributed by atoms with van der Waals surface area (Å²) in [5.41, 5.74) is 1.21. The maximum atomic E-state index is 12.6. The average Bonchev–Trinajstić information content (AvgIpc) is 2.70. The van der Waals surface area contributed by atoms with E-state index in [2.05, 4.69) is 5.32 Å². The highest BCUT2D eigenvalue weighted by Crippen LogP contribution is 2.25. The van der Waals surface area contributed by atoms with E-state index in [1.165, 1.54) is 0 Å². The van der Waals surface area contributed by atoms with Crippen LogP contribution in [-0.4, -0.2) is 40.8 Å². The topological polar surface area (TPSA) is 84.9 Å². The monoisotopic (exact) mass is 420 g/mol. The van der Waals surface area contributed by atoms with Crippen molar-refractivity contribution in [1.29, 1.82) is 0 Å². The molecule has 0 aliphatic heterocycles. The summed E-state index contributed by atoms with van der Waals surface area (Å²) in [4.78, 5) is 12.6. The number of para-hydroxylation sites is 1. The molecule has 1 N–H and O–H groups in total. The molecule has 2 aromatic carbocycles. The van der Waals surface area contributed by atoms with Gasteiger partial charge in [-0.15, -0.1) is 0 Å². The maximum absolute atomic E-state index is 12.6. The maximum Gasteiger partial charge on any atom is 0.241 e. The molecule has 0 unspecified atom stereocenters. The third kappa shape index (κ3) is 6.39. The van der Waals surface area contributed by atoms with Crippen molar-refractivity contribution >= 4 is 21.6 Å². The van der Waals surface area contributed by atoms with Gasteiger partial charge in [0.05, 0.1) is 31.7 Å². The number of nitrogens with zero attached hydrogens (tertiary/aromatic N) is 1. The van der Waals surface area contributed by atoms with Gasteiger partial charge in [-0.1, -0.05) is 25.1 Å². The predicted molar refractivity (Wildman–Crippen MR) is 114 cm³/mol. The van der Waals surface area contributed by atoms with Gasteiger partial charge >= 0.3 is 0 Å². The number of carbonyl (C=O) groups is 1. The smallest absolute Gasteiger partial charge is 0.241 e. The number of benzene rings is 2. The molecule has 29 heavy (non-hydrogen) atoms. The van der Waals surface area contributed by atoms with E-state index in [9.17, 15) is 13.2 Å². The zero-order valence-electron chi connectivity index (χ0n) is 17.2. The minimum atomic E-state index is -3.65. The minimum Gasteiger partial charge on any atom is -0.496 e. The van der Waals surface area contributed by atoms with Gasteiger partial charge in [0.2, 0.25) is 15.9 Å². The second-order valence-electron chi connectivity index (χ2n) is 6.64. The van der Waals surface area contributed by atoms with Crippen LogP contribution >= 0.6 is 0 Å². The molecule has 2 aromatic rings. The zero-order chi connectivity index (χ0) is 21.4. The first-order valence-corrected chi connectivity index (χ1v) is 11.2. The van der Waals surface area contributed by atoms with Gasteiger partial charge in [0.15, 0.2) is 0 Å². The molecule has 0 fully saturated rings.